The first-order valence-corrected chi connectivity index (χ1v) is 9.67. The van der Waals surface area contributed by atoms with E-state index >= 15 is 0 Å². The van der Waals surface area contributed by atoms with Crippen molar-refractivity contribution >= 4 is 17.2 Å². The third kappa shape index (κ3) is 3.63. The van der Waals surface area contributed by atoms with Crippen molar-refractivity contribution in [1.82, 2.24) is 10.3 Å². The van der Waals surface area contributed by atoms with E-state index < -0.39 is 0 Å². The van der Waals surface area contributed by atoms with Crippen LogP contribution in [0.2, 0.25) is 0 Å². The van der Waals surface area contributed by atoms with E-state index in [-0.39, 0.29) is 5.91 Å². The Labute approximate surface area is 151 Å². The van der Waals surface area contributed by atoms with E-state index in [2.05, 4.69) is 10.3 Å². The van der Waals surface area contributed by atoms with Crippen molar-refractivity contribution in [3.05, 3.63) is 40.3 Å². The lowest BCUT2D eigenvalue weighted by molar-refractivity contribution is 0.0923. The van der Waals surface area contributed by atoms with Gasteiger partial charge < -0.3 is 14.8 Å². The number of rotatable bonds is 6. The van der Waals surface area contributed by atoms with Gasteiger partial charge >= 0.3 is 0 Å². The molecule has 2 fully saturated rings. The van der Waals surface area contributed by atoms with Gasteiger partial charge in [0.05, 0.1) is 18.3 Å². The number of nitrogens with zero attached hydrogens (tertiary/aromatic N) is 1. The molecule has 6 heteroatoms. The number of fused-ring (bicyclic) bond motifs is 1. The van der Waals surface area contributed by atoms with Gasteiger partial charge in [-0.2, -0.15) is 0 Å². The molecule has 2 aliphatic rings. The zero-order valence-corrected chi connectivity index (χ0v) is 15.1. The molecule has 2 saturated carbocycles. The molecule has 1 N–H and O–H groups in total. The summed E-state index contributed by atoms with van der Waals surface area (Å²) in [4.78, 5) is 16.8. The summed E-state index contributed by atoms with van der Waals surface area (Å²) >= 11 is 1.54. The number of thiazole rings is 1. The van der Waals surface area contributed by atoms with Crippen LogP contribution in [0.25, 0.3) is 0 Å². The van der Waals surface area contributed by atoms with Gasteiger partial charge in [0.1, 0.15) is 6.61 Å². The van der Waals surface area contributed by atoms with Crippen LogP contribution >= 0.6 is 11.3 Å². The average Bonchev–Trinajstić information content (AvgIpc) is 3.26. The van der Waals surface area contributed by atoms with E-state index in [1.54, 1.807) is 30.8 Å². The van der Waals surface area contributed by atoms with Gasteiger partial charge in [0.25, 0.3) is 5.91 Å². The molecule has 1 heterocycles. The van der Waals surface area contributed by atoms with Crippen molar-refractivity contribution in [3.8, 4) is 11.5 Å². The Morgan fingerprint density at radius 2 is 2.28 bits per heavy atom. The summed E-state index contributed by atoms with van der Waals surface area (Å²) in [6.45, 7) is 0.385. The first kappa shape index (κ1) is 16.4. The van der Waals surface area contributed by atoms with Crippen LogP contribution in [0.4, 0.5) is 0 Å². The lowest BCUT2D eigenvalue weighted by Crippen LogP contribution is -2.38. The predicted octanol–water partition coefficient (Wildman–Crippen LogP) is 3.65. The molecule has 0 unspecified atom stereocenters. The van der Waals surface area contributed by atoms with Crippen molar-refractivity contribution in [2.24, 2.45) is 11.8 Å². The summed E-state index contributed by atoms with van der Waals surface area (Å²) in [6, 6.07) is 5.67. The predicted molar refractivity (Wildman–Crippen MR) is 96.1 cm³/mol. The van der Waals surface area contributed by atoms with Crippen LogP contribution in [0.1, 0.15) is 41.7 Å². The molecule has 0 saturated heterocycles. The molecule has 132 valence electrons. The Kier molecular flexibility index (Phi) is 4.61. The second-order valence-electron chi connectivity index (χ2n) is 6.80. The van der Waals surface area contributed by atoms with Gasteiger partial charge in [-0.05, 0) is 42.9 Å². The molecule has 2 aromatic rings. The van der Waals surface area contributed by atoms with Gasteiger partial charge in [-0.15, -0.1) is 11.3 Å². The maximum absolute atomic E-state index is 12.6. The average molecular weight is 358 g/mol. The second kappa shape index (κ2) is 7.04. The number of ether oxygens (including phenoxy) is 2. The Morgan fingerprint density at radius 1 is 1.36 bits per heavy atom. The molecule has 0 spiro atoms. The molecule has 0 radical (unpaired) electrons. The summed E-state index contributed by atoms with van der Waals surface area (Å²) in [6.07, 6.45) is 4.92. The zero-order valence-electron chi connectivity index (χ0n) is 14.2. The van der Waals surface area contributed by atoms with E-state index in [1.807, 2.05) is 5.38 Å². The normalized spacial score (nSPS) is 24.3. The zero-order chi connectivity index (χ0) is 17.2. The summed E-state index contributed by atoms with van der Waals surface area (Å²) in [5.74, 6) is 2.69. The van der Waals surface area contributed by atoms with Gasteiger partial charge in [0.2, 0.25) is 0 Å². The van der Waals surface area contributed by atoms with E-state index in [0.29, 0.717) is 35.6 Å². The number of carbonyl (C=O) groups excluding carboxylic acids is 1. The topological polar surface area (TPSA) is 60.5 Å². The van der Waals surface area contributed by atoms with Crippen LogP contribution in [0, 0.1) is 11.8 Å². The Balaban J connectivity index is 1.42. The largest absolute Gasteiger partial charge is 0.493 e. The quantitative estimate of drug-likeness (QED) is 0.856. The molecule has 1 aromatic carbocycles. The van der Waals surface area contributed by atoms with E-state index in [1.165, 1.54) is 30.6 Å². The molecule has 4 rings (SSSR count). The lowest BCUT2D eigenvalue weighted by atomic mass is 9.95. The Bertz CT molecular complexity index is 747. The molecule has 5 nitrogen and oxygen atoms in total. The van der Waals surface area contributed by atoms with Gasteiger partial charge in [0, 0.05) is 17.0 Å². The fraction of sp³-hybridized carbons (Fsp3) is 0.474. The number of methoxy groups -OCH3 is 1. The van der Waals surface area contributed by atoms with Crippen LogP contribution < -0.4 is 14.8 Å². The molecule has 1 aromatic heterocycles. The van der Waals surface area contributed by atoms with E-state index in [4.69, 9.17) is 9.47 Å². The number of benzene rings is 1. The number of amides is 1. The van der Waals surface area contributed by atoms with Crippen LogP contribution in [0.3, 0.4) is 0 Å². The minimum absolute atomic E-state index is 0.0260. The first-order chi connectivity index (χ1) is 12.2. The van der Waals surface area contributed by atoms with Gasteiger partial charge in [0.15, 0.2) is 11.5 Å². The highest BCUT2D eigenvalue weighted by molar-refractivity contribution is 7.07. The van der Waals surface area contributed by atoms with Crippen LogP contribution in [0.15, 0.2) is 29.1 Å². The molecular weight excluding hydrogens is 336 g/mol. The van der Waals surface area contributed by atoms with Crippen LogP contribution in [-0.2, 0) is 6.61 Å². The standard InChI is InChI=1S/C19H22N2O3S/c1-23-18-8-13(5-6-17(18)24-9-14-10-25-11-20-14)19(22)21-16-4-2-3-12-7-15(12)16/h5-6,8,10-12,15-16H,2-4,7,9H2,1H3,(H,21,22)/t12-,15+,16-/m0/s1. The number of carbonyl (C=O) groups is 1. The molecule has 0 bridgehead atoms. The van der Waals surface area contributed by atoms with Crippen molar-refractivity contribution in [3.63, 3.8) is 0 Å². The highest BCUT2D eigenvalue weighted by Gasteiger charge is 2.45. The minimum Gasteiger partial charge on any atom is -0.493 e. The summed E-state index contributed by atoms with van der Waals surface area (Å²) < 4.78 is 11.2. The third-order valence-electron chi connectivity index (χ3n) is 5.19. The fourth-order valence-electron chi connectivity index (χ4n) is 3.73. The second-order valence-corrected chi connectivity index (χ2v) is 7.52. The van der Waals surface area contributed by atoms with Crippen molar-refractivity contribution in [1.29, 1.82) is 0 Å². The van der Waals surface area contributed by atoms with Crippen LogP contribution in [-0.4, -0.2) is 24.0 Å². The van der Waals surface area contributed by atoms with Gasteiger partial charge in [-0.3, -0.25) is 4.79 Å². The van der Waals surface area contributed by atoms with Crippen molar-refractivity contribution < 1.29 is 14.3 Å². The Hall–Kier alpha value is -2.08. The number of aromatic nitrogens is 1. The highest BCUT2D eigenvalue weighted by Crippen LogP contribution is 2.49. The van der Waals surface area contributed by atoms with Crippen molar-refractivity contribution in [2.45, 2.75) is 38.3 Å². The highest BCUT2D eigenvalue weighted by atomic mass is 32.1. The molecule has 1 amide bonds. The van der Waals surface area contributed by atoms with Gasteiger partial charge in [-0.1, -0.05) is 12.8 Å². The Morgan fingerprint density at radius 3 is 3.08 bits per heavy atom. The van der Waals surface area contributed by atoms with Crippen LogP contribution in [0.5, 0.6) is 11.5 Å². The molecule has 25 heavy (non-hydrogen) atoms. The molecule has 2 aliphatic carbocycles. The van der Waals surface area contributed by atoms with Crippen molar-refractivity contribution in [2.75, 3.05) is 7.11 Å². The third-order valence-corrected chi connectivity index (χ3v) is 5.82. The molecule has 0 aliphatic heterocycles. The monoisotopic (exact) mass is 358 g/mol. The molecular formula is C19H22N2O3S. The SMILES string of the molecule is COc1cc(C(=O)N[C@H]2CCC[C@H]3C[C@H]32)ccc1OCc1cscn1. The minimum atomic E-state index is -0.0260. The lowest BCUT2D eigenvalue weighted by Gasteiger charge is -2.22. The summed E-state index contributed by atoms with van der Waals surface area (Å²) in [5, 5.41) is 5.16. The first-order valence-electron chi connectivity index (χ1n) is 8.73. The maximum Gasteiger partial charge on any atom is 0.251 e. The maximum atomic E-state index is 12.6. The number of hydrogen-bond donors (Lipinski definition) is 1. The number of nitrogens with one attached hydrogen (secondary N) is 1. The summed E-state index contributed by atoms with van der Waals surface area (Å²) in [7, 11) is 1.59. The van der Waals surface area contributed by atoms with E-state index in [9.17, 15) is 4.79 Å². The fourth-order valence-corrected chi connectivity index (χ4v) is 4.27. The smallest absolute Gasteiger partial charge is 0.251 e. The molecule has 3 atom stereocenters. The van der Waals surface area contributed by atoms with E-state index in [0.717, 1.165) is 18.0 Å². The van der Waals surface area contributed by atoms with Gasteiger partial charge in [-0.25, -0.2) is 4.98 Å². The summed E-state index contributed by atoms with van der Waals surface area (Å²) in [5.41, 5.74) is 3.27. The number of hydrogen-bond acceptors (Lipinski definition) is 5.